The molecule has 2 heterocycles. The molecule has 1 N–H and O–H groups in total. The van der Waals surface area contributed by atoms with E-state index in [1.165, 1.54) is 23.4 Å². The molecule has 0 spiro atoms. The molecule has 1 amide bonds. The molecule has 1 aromatic carbocycles. The van der Waals surface area contributed by atoms with Crippen molar-refractivity contribution in [2.24, 2.45) is 0 Å². The first-order valence-corrected chi connectivity index (χ1v) is 8.24. The van der Waals surface area contributed by atoms with Crippen molar-refractivity contribution in [3.63, 3.8) is 0 Å². The molecule has 3 rings (SSSR count). The Kier molecular flexibility index (Phi) is 4.38. The van der Waals surface area contributed by atoms with E-state index in [0.717, 1.165) is 11.3 Å². The van der Waals surface area contributed by atoms with Gasteiger partial charge in [0.05, 0.1) is 23.1 Å². The van der Waals surface area contributed by atoms with Gasteiger partial charge in [0.2, 0.25) is 0 Å². The second-order valence-corrected chi connectivity index (χ2v) is 6.74. The summed E-state index contributed by atoms with van der Waals surface area (Å²) < 4.78 is 13.9. The van der Waals surface area contributed by atoms with Crippen molar-refractivity contribution in [2.45, 2.75) is 13.5 Å². The van der Waals surface area contributed by atoms with Crippen molar-refractivity contribution in [1.82, 2.24) is 14.9 Å². The van der Waals surface area contributed by atoms with Gasteiger partial charge < -0.3 is 9.88 Å². The van der Waals surface area contributed by atoms with Gasteiger partial charge in [-0.05, 0) is 24.6 Å². The zero-order valence-electron chi connectivity index (χ0n) is 12.9. The summed E-state index contributed by atoms with van der Waals surface area (Å²) in [5, 5.41) is 0.670. The normalized spacial score (nSPS) is 11.0. The monoisotopic (exact) mass is 365 g/mol. The van der Waals surface area contributed by atoms with Crippen LogP contribution in [0.1, 0.15) is 20.8 Å². The predicted octanol–water partition coefficient (Wildman–Crippen LogP) is 3.36. The Bertz CT molecular complexity index is 978. The molecule has 0 aliphatic heterocycles. The fraction of sp³-hybridized carbons (Fsp3) is 0.188. The number of amides is 1. The molecule has 5 nitrogen and oxygen atoms in total. The number of aromatic amines is 1. The summed E-state index contributed by atoms with van der Waals surface area (Å²) in [5.74, 6) is -0.775. The highest BCUT2D eigenvalue weighted by Gasteiger charge is 2.22. The van der Waals surface area contributed by atoms with E-state index in [-0.39, 0.29) is 28.6 Å². The molecule has 3 aromatic rings. The maximum Gasteiger partial charge on any atom is 0.264 e. The first-order valence-electron chi connectivity index (χ1n) is 7.05. The summed E-state index contributed by atoms with van der Waals surface area (Å²) in [5.41, 5.74) is 0.540. The number of nitrogens with one attached hydrogen (secondary N) is 1. The highest BCUT2D eigenvalue weighted by Crippen LogP contribution is 2.28. The van der Waals surface area contributed by atoms with Crippen LogP contribution in [0.25, 0.3) is 10.2 Å². The van der Waals surface area contributed by atoms with Crippen LogP contribution in [0.4, 0.5) is 4.39 Å². The van der Waals surface area contributed by atoms with E-state index >= 15 is 0 Å². The van der Waals surface area contributed by atoms with Crippen LogP contribution in [0.5, 0.6) is 0 Å². The van der Waals surface area contributed by atoms with Gasteiger partial charge in [0.25, 0.3) is 11.5 Å². The molecule has 0 aliphatic rings. The summed E-state index contributed by atoms with van der Waals surface area (Å²) in [4.78, 5) is 33.5. The van der Waals surface area contributed by atoms with Crippen molar-refractivity contribution in [2.75, 3.05) is 7.05 Å². The number of carbonyl (C=O) groups excluding carboxylic acids is 1. The molecule has 0 unspecified atom stereocenters. The predicted molar refractivity (Wildman–Crippen MR) is 92.2 cm³/mol. The second-order valence-electron chi connectivity index (χ2n) is 5.33. The maximum absolute atomic E-state index is 13.9. The van der Waals surface area contributed by atoms with E-state index in [9.17, 15) is 14.0 Å². The summed E-state index contributed by atoms with van der Waals surface area (Å²) in [7, 11) is 1.56. The Morgan fingerprint density at radius 2 is 2.21 bits per heavy atom. The third-order valence-corrected chi connectivity index (χ3v) is 5.27. The van der Waals surface area contributed by atoms with Crippen LogP contribution < -0.4 is 5.56 Å². The minimum absolute atomic E-state index is 0.0296. The van der Waals surface area contributed by atoms with E-state index in [4.69, 9.17) is 11.6 Å². The molecular weight excluding hydrogens is 353 g/mol. The van der Waals surface area contributed by atoms with Crippen LogP contribution in [0, 0.1) is 12.7 Å². The van der Waals surface area contributed by atoms with Gasteiger partial charge in [-0.25, -0.2) is 9.37 Å². The Morgan fingerprint density at radius 1 is 1.46 bits per heavy atom. The van der Waals surface area contributed by atoms with Crippen LogP contribution in [-0.2, 0) is 6.54 Å². The molecule has 24 heavy (non-hydrogen) atoms. The summed E-state index contributed by atoms with van der Waals surface area (Å²) in [6, 6.07) is 4.39. The molecule has 8 heteroatoms. The van der Waals surface area contributed by atoms with Crippen LogP contribution >= 0.6 is 22.9 Å². The van der Waals surface area contributed by atoms with E-state index in [2.05, 4.69) is 9.97 Å². The largest absolute Gasteiger partial charge is 0.337 e. The van der Waals surface area contributed by atoms with Gasteiger partial charge in [0, 0.05) is 17.6 Å². The summed E-state index contributed by atoms with van der Waals surface area (Å²) >= 11 is 7.15. The molecule has 2 aromatic heterocycles. The number of halogens is 2. The Balaban J connectivity index is 1.96. The van der Waals surface area contributed by atoms with Crippen molar-refractivity contribution < 1.29 is 9.18 Å². The van der Waals surface area contributed by atoms with Gasteiger partial charge in [-0.3, -0.25) is 9.59 Å². The number of hydrogen-bond donors (Lipinski definition) is 1. The summed E-state index contributed by atoms with van der Waals surface area (Å²) in [6.45, 7) is 1.73. The first kappa shape index (κ1) is 16.6. The number of hydrogen-bond acceptors (Lipinski definition) is 4. The number of nitrogens with zero attached hydrogens (tertiary/aromatic N) is 2. The fourth-order valence-electron chi connectivity index (χ4n) is 2.45. The van der Waals surface area contributed by atoms with E-state index in [1.54, 1.807) is 20.0 Å². The smallest absolute Gasteiger partial charge is 0.264 e. The molecule has 0 bridgehead atoms. The lowest BCUT2D eigenvalue weighted by Crippen LogP contribution is -2.26. The molecular formula is C16H13ClFN3O2S. The first-order chi connectivity index (χ1) is 11.4. The second kappa shape index (κ2) is 6.33. The molecule has 124 valence electrons. The Hall–Kier alpha value is -2.25. The zero-order chi connectivity index (χ0) is 17.4. The topological polar surface area (TPSA) is 66.1 Å². The van der Waals surface area contributed by atoms with Crippen molar-refractivity contribution in [3.05, 3.63) is 61.7 Å². The lowest BCUT2D eigenvalue weighted by atomic mass is 10.1. The molecule has 0 aliphatic carbocycles. The Labute approximate surface area is 145 Å². The number of aryl methyl sites for hydroxylation is 1. The van der Waals surface area contributed by atoms with E-state index in [0.29, 0.717) is 20.7 Å². The lowest BCUT2D eigenvalue weighted by Gasteiger charge is -2.18. The van der Waals surface area contributed by atoms with Gasteiger partial charge in [-0.1, -0.05) is 17.7 Å². The quantitative estimate of drug-likeness (QED) is 0.774. The molecule has 0 atom stereocenters. The number of thiophene rings is 1. The average molecular weight is 366 g/mol. The minimum Gasteiger partial charge on any atom is -0.337 e. The van der Waals surface area contributed by atoms with Gasteiger partial charge in [-0.15, -0.1) is 11.3 Å². The third-order valence-electron chi connectivity index (χ3n) is 3.73. The number of fused-ring (bicyclic) bond motifs is 1. The minimum atomic E-state index is -0.465. The zero-order valence-corrected chi connectivity index (χ0v) is 14.5. The highest BCUT2D eigenvalue weighted by atomic mass is 35.5. The number of H-pyrrole nitrogens is 1. The van der Waals surface area contributed by atoms with Crippen LogP contribution in [0.2, 0.25) is 5.02 Å². The van der Waals surface area contributed by atoms with Gasteiger partial charge in [0.1, 0.15) is 10.6 Å². The SMILES string of the molecule is Cc1c(C(=O)N(C)Cc2c(F)cccc2Cl)sc2nc[nH]c(=O)c12. The van der Waals surface area contributed by atoms with Gasteiger partial charge >= 0.3 is 0 Å². The highest BCUT2D eigenvalue weighted by molar-refractivity contribution is 7.20. The number of rotatable bonds is 3. The van der Waals surface area contributed by atoms with Crippen LogP contribution in [0.3, 0.4) is 0 Å². The van der Waals surface area contributed by atoms with Crippen molar-refractivity contribution in [3.8, 4) is 0 Å². The number of carbonyl (C=O) groups is 1. The maximum atomic E-state index is 13.9. The Morgan fingerprint density at radius 3 is 2.88 bits per heavy atom. The standard InChI is InChI=1S/C16H13ClFN3O2S/c1-8-12-14(22)19-7-20-15(12)24-13(8)16(23)21(2)6-9-10(17)4-3-5-11(9)18/h3-5,7H,6H2,1-2H3,(H,19,20,22). The van der Waals surface area contributed by atoms with Crippen molar-refractivity contribution in [1.29, 1.82) is 0 Å². The lowest BCUT2D eigenvalue weighted by molar-refractivity contribution is 0.0788. The third kappa shape index (κ3) is 2.81. The molecule has 0 radical (unpaired) electrons. The number of benzene rings is 1. The van der Waals surface area contributed by atoms with E-state index < -0.39 is 5.82 Å². The van der Waals surface area contributed by atoms with Crippen molar-refractivity contribution >= 4 is 39.1 Å². The van der Waals surface area contributed by atoms with E-state index in [1.807, 2.05) is 0 Å². The fourth-order valence-corrected chi connectivity index (χ4v) is 3.82. The average Bonchev–Trinajstić information content (AvgIpc) is 2.88. The molecule has 0 saturated heterocycles. The number of aromatic nitrogens is 2. The summed E-state index contributed by atoms with van der Waals surface area (Å²) in [6.07, 6.45) is 1.30. The van der Waals surface area contributed by atoms with Crippen LogP contribution in [-0.4, -0.2) is 27.8 Å². The van der Waals surface area contributed by atoms with Crippen LogP contribution in [0.15, 0.2) is 29.3 Å². The molecule has 0 fully saturated rings. The van der Waals surface area contributed by atoms with Gasteiger partial charge in [0.15, 0.2) is 0 Å². The van der Waals surface area contributed by atoms with Gasteiger partial charge in [-0.2, -0.15) is 0 Å². The molecule has 0 saturated carbocycles.